The highest BCUT2D eigenvalue weighted by atomic mass is 35.5. The summed E-state index contributed by atoms with van der Waals surface area (Å²) < 4.78 is 18.7. The lowest BCUT2D eigenvalue weighted by Crippen LogP contribution is -2.38. The number of carbonyl (C=O) groups excluding carboxylic acids is 1. The largest absolute Gasteiger partial charge is 0.379 e. The summed E-state index contributed by atoms with van der Waals surface area (Å²) in [6.07, 6.45) is 0.897. The fraction of sp³-hybridized carbons (Fsp3) is 0.385. The van der Waals surface area contributed by atoms with Gasteiger partial charge in [0.15, 0.2) is 0 Å². The number of amides is 1. The molecule has 0 aliphatic carbocycles. The molecule has 1 saturated heterocycles. The van der Waals surface area contributed by atoms with E-state index in [9.17, 15) is 9.18 Å². The average molecular weight is 517 g/mol. The first-order chi connectivity index (χ1) is 17.0. The highest BCUT2D eigenvalue weighted by Crippen LogP contribution is 2.19. The van der Waals surface area contributed by atoms with E-state index in [1.807, 2.05) is 29.6 Å². The molecule has 0 spiro atoms. The third kappa shape index (κ3) is 8.37. The van der Waals surface area contributed by atoms with Crippen molar-refractivity contribution in [2.24, 2.45) is 0 Å². The number of carbonyl (C=O) groups is 1. The van der Waals surface area contributed by atoms with Crippen molar-refractivity contribution in [1.29, 1.82) is 0 Å². The summed E-state index contributed by atoms with van der Waals surface area (Å²) in [5.41, 5.74) is 2.53. The van der Waals surface area contributed by atoms with Crippen LogP contribution < -0.4 is 5.32 Å². The molecule has 0 atom stereocenters. The van der Waals surface area contributed by atoms with E-state index in [0.717, 1.165) is 55.4 Å². The zero-order valence-electron chi connectivity index (χ0n) is 19.6. The molecule has 1 fully saturated rings. The van der Waals surface area contributed by atoms with Gasteiger partial charge in [-0.15, -0.1) is 11.3 Å². The van der Waals surface area contributed by atoms with Gasteiger partial charge in [0.1, 0.15) is 16.5 Å². The van der Waals surface area contributed by atoms with Crippen LogP contribution in [0.3, 0.4) is 0 Å². The molecule has 9 heteroatoms. The van der Waals surface area contributed by atoms with Crippen LogP contribution in [-0.2, 0) is 24.4 Å². The Morgan fingerprint density at radius 3 is 2.66 bits per heavy atom. The van der Waals surface area contributed by atoms with Gasteiger partial charge in [-0.05, 0) is 48.4 Å². The summed E-state index contributed by atoms with van der Waals surface area (Å²) >= 11 is 7.65. The van der Waals surface area contributed by atoms with Gasteiger partial charge < -0.3 is 10.1 Å². The quantitative estimate of drug-likeness (QED) is 0.378. The first-order valence-electron chi connectivity index (χ1n) is 11.8. The Morgan fingerprint density at radius 2 is 1.89 bits per heavy atom. The normalized spacial score (nSPS) is 14.4. The summed E-state index contributed by atoms with van der Waals surface area (Å²) in [4.78, 5) is 21.7. The number of nitrogens with zero attached hydrogens (tertiary/aromatic N) is 3. The number of thiazole rings is 1. The fourth-order valence-corrected chi connectivity index (χ4v) is 5.04. The second-order valence-corrected chi connectivity index (χ2v) is 9.97. The molecule has 1 amide bonds. The van der Waals surface area contributed by atoms with Crippen molar-refractivity contribution in [2.75, 3.05) is 39.4 Å². The Bertz CT molecular complexity index is 1090. The molecule has 35 heavy (non-hydrogen) atoms. The van der Waals surface area contributed by atoms with Gasteiger partial charge in [0.2, 0.25) is 0 Å². The minimum absolute atomic E-state index is 0.144. The van der Waals surface area contributed by atoms with E-state index < -0.39 is 0 Å². The van der Waals surface area contributed by atoms with Crippen molar-refractivity contribution in [3.05, 3.63) is 86.6 Å². The third-order valence-corrected chi connectivity index (χ3v) is 6.87. The minimum atomic E-state index is -0.254. The van der Waals surface area contributed by atoms with Gasteiger partial charge >= 0.3 is 0 Å². The van der Waals surface area contributed by atoms with Crippen molar-refractivity contribution in [2.45, 2.75) is 26.1 Å². The molecule has 2 heterocycles. The summed E-state index contributed by atoms with van der Waals surface area (Å²) in [7, 11) is 0. The smallest absolute Gasteiger partial charge is 0.270 e. The van der Waals surface area contributed by atoms with Crippen LogP contribution in [-0.4, -0.2) is 60.1 Å². The first kappa shape index (κ1) is 25.7. The topological polar surface area (TPSA) is 57.7 Å². The molecule has 4 rings (SSSR count). The highest BCUT2D eigenvalue weighted by molar-refractivity contribution is 7.09. The Hall–Kier alpha value is -2.36. The van der Waals surface area contributed by atoms with Crippen LogP contribution in [0.25, 0.3) is 0 Å². The molecule has 0 saturated carbocycles. The van der Waals surface area contributed by atoms with E-state index in [1.165, 1.54) is 23.5 Å². The number of ether oxygens (including phenoxy) is 1. The van der Waals surface area contributed by atoms with Crippen molar-refractivity contribution in [3.8, 4) is 0 Å². The average Bonchev–Trinajstić information content (AvgIpc) is 3.32. The van der Waals surface area contributed by atoms with Crippen LogP contribution in [0.4, 0.5) is 4.39 Å². The number of hydrogen-bond acceptors (Lipinski definition) is 6. The second-order valence-electron chi connectivity index (χ2n) is 8.59. The molecule has 3 aromatic rings. The maximum atomic E-state index is 13.4. The lowest BCUT2D eigenvalue weighted by molar-refractivity contribution is 0.0374. The summed E-state index contributed by atoms with van der Waals surface area (Å²) in [6, 6.07) is 14.3. The van der Waals surface area contributed by atoms with Crippen molar-refractivity contribution in [1.82, 2.24) is 20.1 Å². The third-order valence-electron chi connectivity index (χ3n) is 5.80. The van der Waals surface area contributed by atoms with Gasteiger partial charge in [-0.2, -0.15) is 0 Å². The Balaban J connectivity index is 1.33. The Morgan fingerprint density at radius 1 is 1.11 bits per heavy atom. The van der Waals surface area contributed by atoms with Crippen molar-refractivity contribution < 1.29 is 13.9 Å². The highest BCUT2D eigenvalue weighted by Gasteiger charge is 2.15. The fourth-order valence-electron chi connectivity index (χ4n) is 4.01. The van der Waals surface area contributed by atoms with Crippen molar-refractivity contribution in [3.63, 3.8) is 0 Å². The Labute approximate surface area is 214 Å². The van der Waals surface area contributed by atoms with Gasteiger partial charge in [-0.25, -0.2) is 9.37 Å². The monoisotopic (exact) mass is 516 g/mol. The number of benzene rings is 2. The molecule has 0 bridgehead atoms. The lowest BCUT2D eigenvalue weighted by Gasteiger charge is -2.26. The number of hydrogen-bond donors (Lipinski definition) is 1. The van der Waals surface area contributed by atoms with E-state index in [4.69, 9.17) is 16.3 Å². The molecule has 1 aliphatic heterocycles. The van der Waals surface area contributed by atoms with Gasteiger partial charge in [-0.1, -0.05) is 35.9 Å². The molecular formula is C26H30ClFN4O2S. The van der Waals surface area contributed by atoms with Crippen LogP contribution >= 0.6 is 22.9 Å². The predicted octanol–water partition coefficient (Wildman–Crippen LogP) is 4.59. The number of aromatic nitrogens is 1. The van der Waals surface area contributed by atoms with Gasteiger partial charge in [0.25, 0.3) is 5.91 Å². The predicted molar refractivity (Wildman–Crippen MR) is 137 cm³/mol. The van der Waals surface area contributed by atoms with Crippen LogP contribution in [0.1, 0.15) is 33.0 Å². The maximum absolute atomic E-state index is 13.4. The van der Waals surface area contributed by atoms with E-state index in [0.29, 0.717) is 36.9 Å². The molecule has 6 nitrogen and oxygen atoms in total. The molecule has 186 valence electrons. The SMILES string of the molecule is O=C(NCCCN1CCOCC1)c1csc(CN(Cc2ccc(F)cc2)Cc2cccc(Cl)c2)n1. The zero-order valence-corrected chi connectivity index (χ0v) is 21.2. The van der Waals surface area contributed by atoms with E-state index in [1.54, 1.807) is 12.1 Å². The maximum Gasteiger partial charge on any atom is 0.270 e. The van der Waals surface area contributed by atoms with E-state index in [-0.39, 0.29) is 11.7 Å². The lowest BCUT2D eigenvalue weighted by atomic mass is 10.1. The van der Waals surface area contributed by atoms with Gasteiger partial charge in [0, 0.05) is 43.1 Å². The van der Waals surface area contributed by atoms with Crippen LogP contribution in [0.5, 0.6) is 0 Å². The van der Waals surface area contributed by atoms with Gasteiger partial charge in [-0.3, -0.25) is 14.6 Å². The van der Waals surface area contributed by atoms with Crippen LogP contribution in [0.15, 0.2) is 53.9 Å². The van der Waals surface area contributed by atoms with Crippen LogP contribution in [0, 0.1) is 5.82 Å². The summed E-state index contributed by atoms with van der Waals surface area (Å²) in [6.45, 7) is 6.88. The molecule has 1 aliphatic rings. The Kier molecular flexibility index (Phi) is 9.62. The van der Waals surface area contributed by atoms with Crippen LogP contribution in [0.2, 0.25) is 5.02 Å². The molecular weight excluding hydrogens is 487 g/mol. The van der Waals surface area contributed by atoms with E-state index >= 15 is 0 Å². The minimum Gasteiger partial charge on any atom is -0.379 e. The molecule has 0 radical (unpaired) electrons. The number of rotatable bonds is 11. The second kappa shape index (κ2) is 13.1. The number of morpholine rings is 1. The molecule has 2 aromatic carbocycles. The van der Waals surface area contributed by atoms with E-state index in [2.05, 4.69) is 20.1 Å². The molecule has 1 N–H and O–H groups in total. The molecule has 1 aromatic heterocycles. The summed E-state index contributed by atoms with van der Waals surface area (Å²) in [5.74, 6) is -0.398. The zero-order chi connectivity index (χ0) is 24.5. The summed E-state index contributed by atoms with van der Waals surface area (Å²) in [5, 5.41) is 6.33. The number of halogens is 2. The van der Waals surface area contributed by atoms with Crippen molar-refractivity contribution >= 4 is 28.8 Å². The molecule has 0 unspecified atom stereocenters. The first-order valence-corrected chi connectivity index (χ1v) is 13.0. The van der Waals surface area contributed by atoms with Gasteiger partial charge in [0.05, 0.1) is 19.8 Å². The number of nitrogens with one attached hydrogen (secondary N) is 1. The standard InChI is InChI=1S/C26H30ClFN4O2S/c27-22-4-1-3-21(15-22)17-32(16-20-5-7-23(28)8-6-20)18-25-30-24(19-35-25)26(33)29-9-2-10-31-11-13-34-14-12-31/h1,3-8,15,19H,2,9-14,16-18H2,(H,29,33).